The topological polar surface area (TPSA) is 58.0 Å². The Hall–Kier alpha value is -2.24. The Bertz CT molecular complexity index is 786. The number of benzene rings is 2. The second-order valence-corrected chi connectivity index (χ2v) is 6.52. The first-order chi connectivity index (χ1) is 11.1. The Morgan fingerprint density at radius 3 is 2.65 bits per heavy atom. The van der Waals surface area contributed by atoms with Crippen LogP contribution < -0.4 is 5.32 Å². The molecule has 0 fully saturated rings. The number of nitrogens with zero attached hydrogens (tertiary/aromatic N) is 2. The lowest BCUT2D eigenvalue weighted by molar-refractivity contribution is 0.191. The van der Waals surface area contributed by atoms with Gasteiger partial charge in [-0.15, -0.1) is 10.2 Å². The van der Waals surface area contributed by atoms with Gasteiger partial charge in [0.2, 0.25) is 5.13 Å². The van der Waals surface area contributed by atoms with E-state index in [1.165, 1.54) is 22.5 Å². The largest absolute Gasteiger partial charge is 0.387 e. The average Bonchev–Trinajstić information content (AvgIpc) is 3.04. The number of aryl methyl sites for hydroxylation is 2. The monoisotopic (exact) mass is 325 g/mol. The van der Waals surface area contributed by atoms with E-state index in [4.69, 9.17) is 0 Å². The minimum absolute atomic E-state index is 0.408. The number of aliphatic hydroxyl groups is 1. The lowest BCUT2D eigenvalue weighted by atomic mass is 10.1. The van der Waals surface area contributed by atoms with Crippen LogP contribution in [0.5, 0.6) is 0 Å². The predicted molar refractivity (Wildman–Crippen MR) is 94.7 cm³/mol. The van der Waals surface area contributed by atoms with Crippen molar-refractivity contribution in [3.8, 4) is 10.6 Å². The first kappa shape index (κ1) is 15.6. The zero-order valence-corrected chi connectivity index (χ0v) is 14.0. The maximum atomic E-state index is 10.2. The second kappa shape index (κ2) is 6.89. The Labute approximate surface area is 139 Å². The van der Waals surface area contributed by atoms with Crippen LogP contribution in [0.4, 0.5) is 5.13 Å². The molecule has 2 N–H and O–H groups in total. The SMILES string of the molecule is Cc1ccc(C)c(-c2nnc(NCC(O)c3ccccc3)s2)c1. The summed E-state index contributed by atoms with van der Waals surface area (Å²) in [4.78, 5) is 0. The molecule has 0 amide bonds. The molecule has 0 spiro atoms. The highest BCUT2D eigenvalue weighted by atomic mass is 32.1. The molecule has 0 aliphatic carbocycles. The van der Waals surface area contributed by atoms with Crippen molar-refractivity contribution in [2.75, 3.05) is 11.9 Å². The molecule has 1 atom stereocenters. The van der Waals surface area contributed by atoms with Crippen molar-refractivity contribution >= 4 is 16.5 Å². The molecular formula is C18H19N3OS. The fourth-order valence-corrected chi connectivity index (χ4v) is 3.18. The van der Waals surface area contributed by atoms with Gasteiger partial charge in [0, 0.05) is 12.1 Å². The normalized spacial score (nSPS) is 12.1. The molecule has 118 valence electrons. The van der Waals surface area contributed by atoms with Gasteiger partial charge in [0.25, 0.3) is 0 Å². The molecular weight excluding hydrogens is 306 g/mol. The van der Waals surface area contributed by atoms with Crippen molar-refractivity contribution in [2.24, 2.45) is 0 Å². The fraction of sp³-hybridized carbons (Fsp3) is 0.222. The second-order valence-electron chi connectivity index (χ2n) is 5.54. The Morgan fingerprint density at radius 2 is 1.87 bits per heavy atom. The lowest BCUT2D eigenvalue weighted by Gasteiger charge is -2.10. The molecule has 0 saturated heterocycles. The van der Waals surface area contributed by atoms with Crippen molar-refractivity contribution in [3.63, 3.8) is 0 Å². The number of rotatable bonds is 5. The number of nitrogens with one attached hydrogen (secondary N) is 1. The summed E-state index contributed by atoms with van der Waals surface area (Å²) in [5.41, 5.74) is 4.39. The molecule has 2 aromatic carbocycles. The summed E-state index contributed by atoms with van der Waals surface area (Å²) in [5, 5.41) is 23.4. The summed E-state index contributed by atoms with van der Waals surface area (Å²) in [5.74, 6) is 0. The van der Waals surface area contributed by atoms with Gasteiger partial charge in [0.1, 0.15) is 5.01 Å². The molecule has 3 aromatic rings. The van der Waals surface area contributed by atoms with E-state index in [-0.39, 0.29) is 0 Å². The van der Waals surface area contributed by atoms with Crippen LogP contribution in [0.15, 0.2) is 48.5 Å². The van der Waals surface area contributed by atoms with E-state index in [1.807, 2.05) is 30.3 Å². The molecule has 3 rings (SSSR count). The van der Waals surface area contributed by atoms with Gasteiger partial charge in [-0.1, -0.05) is 59.4 Å². The van der Waals surface area contributed by atoms with Crippen molar-refractivity contribution in [1.29, 1.82) is 0 Å². The summed E-state index contributed by atoms with van der Waals surface area (Å²) >= 11 is 1.50. The maximum absolute atomic E-state index is 10.2. The van der Waals surface area contributed by atoms with Crippen LogP contribution in [-0.2, 0) is 0 Å². The predicted octanol–water partition coefficient (Wildman–Crippen LogP) is 3.97. The molecule has 1 unspecified atom stereocenters. The standard InChI is InChI=1S/C18H19N3OS/c1-12-8-9-13(2)15(10-12)17-20-21-18(23-17)19-11-16(22)14-6-4-3-5-7-14/h3-10,16,22H,11H2,1-2H3,(H,19,21). The zero-order valence-electron chi connectivity index (χ0n) is 13.2. The summed E-state index contributed by atoms with van der Waals surface area (Å²) in [6.45, 7) is 4.55. The summed E-state index contributed by atoms with van der Waals surface area (Å²) in [6.07, 6.45) is -0.566. The fourth-order valence-electron chi connectivity index (χ4n) is 2.35. The van der Waals surface area contributed by atoms with Gasteiger partial charge in [-0.25, -0.2) is 0 Å². The molecule has 5 heteroatoms. The van der Waals surface area contributed by atoms with Gasteiger partial charge in [-0.05, 0) is 31.0 Å². The third kappa shape index (κ3) is 3.75. The summed E-state index contributed by atoms with van der Waals surface area (Å²) < 4.78 is 0. The smallest absolute Gasteiger partial charge is 0.206 e. The van der Waals surface area contributed by atoms with E-state index in [1.54, 1.807) is 0 Å². The molecule has 23 heavy (non-hydrogen) atoms. The van der Waals surface area contributed by atoms with Gasteiger partial charge < -0.3 is 10.4 Å². The third-order valence-corrected chi connectivity index (χ3v) is 4.59. The first-order valence-electron chi connectivity index (χ1n) is 7.51. The molecule has 0 bridgehead atoms. The molecule has 0 radical (unpaired) electrons. The molecule has 1 heterocycles. The van der Waals surface area contributed by atoms with Gasteiger partial charge >= 0.3 is 0 Å². The number of anilines is 1. The zero-order chi connectivity index (χ0) is 16.2. The molecule has 0 aliphatic rings. The van der Waals surface area contributed by atoms with Gasteiger partial charge in [0.05, 0.1) is 6.10 Å². The van der Waals surface area contributed by atoms with E-state index in [0.29, 0.717) is 6.54 Å². The number of hydrogen-bond donors (Lipinski definition) is 2. The Morgan fingerprint density at radius 1 is 1.09 bits per heavy atom. The average molecular weight is 325 g/mol. The highest BCUT2D eigenvalue weighted by Crippen LogP contribution is 2.29. The van der Waals surface area contributed by atoms with Crippen LogP contribution in [0.3, 0.4) is 0 Å². The van der Waals surface area contributed by atoms with Crippen molar-refractivity contribution in [1.82, 2.24) is 10.2 Å². The van der Waals surface area contributed by atoms with Crippen LogP contribution in [0.1, 0.15) is 22.8 Å². The number of aliphatic hydroxyl groups excluding tert-OH is 1. The van der Waals surface area contributed by atoms with Crippen molar-refractivity contribution in [3.05, 3.63) is 65.2 Å². The molecule has 0 aliphatic heterocycles. The first-order valence-corrected chi connectivity index (χ1v) is 8.33. The van der Waals surface area contributed by atoms with Crippen LogP contribution >= 0.6 is 11.3 Å². The summed E-state index contributed by atoms with van der Waals surface area (Å²) in [7, 11) is 0. The van der Waals surface area contributed by atoms with E-state index in [0.717, 1.165) is 21.3 Å². The van der Waals surface area contributed by atoms with Crippen molar-refractivity contribution in [2.45, 2.75) is 20.0 Å². The maximum Gasteiger partial charge on any atom is 0.206 e. The van der Waals surface area contributed by atoms with Gasteiger partial charge in [-0.3, -0.25) is 0 Å². The van der Waals surface area contributed by atoms with Crippen LogP contribution in [0.2, 0.25) is 0 Å². The highest BCUT2D eigenvalue weighted by molar-refractivity contribution is 7.18. The quantitative estimate of drug-likeness (QED) is 0.745. The highest BCUT2D eigenvalue weighted by Gasteiger charge is 2.11. The van der Waals surface area contributed by atoms with Crippen LogP contribution in [-0.4, -0.2) is 21.8 Å². The Balaban J connectivity index is 1.69. The number of hydrogen-bond acceptors (Lipinski definition) is 5. The minimum Gasteiger partial charge on any atom is -0.387 e. The van der Waals surface area contributed by atoms with Crippen LogP contribution in [0, 0.1) is 13.8 Å². The molecule has 0 saturated carbocycles. The van der Waals surface area contributed by atoms with E-state index in [2.05, 4.69) is 47.6 Å². The molecule has 4 nitrogen and oxygen atoms in total. The van der Waals surface area contributed by atoms with Gasteiger partial charge in [0.15, 0.2) is 0 Å². The minimum atomic E-state index is -0.566. The van der Waals surface area contributed by atoms with Crippen LogP contribution in [0.25, 0.3) is 10.6 Å². The number of aromatic nitrogens is 2. The Kier molecular flexibility index (Phi) is 4.69. The lowest BCUT2D eigenvalue weighted by Crippen LogP contribution is -2.11. The molecule has 1 aromatic heterocycles. The van der Waals surface area contributed by atoms with E-state index >= 15 is 0 Å². The summed E-state index contributed by atoms with van der Waals surface area (Å²) in [6, 6.07) is 15.9. The van der Waals surface area contributed by atoms with Gasteiger partial charge in [-0.2, -0.15) is 0 Å². The third-order valence-electron chi connectivity index (χ3n) is 3.68. The van der Waals surface area contributed by atoms with E-state index < -0.39 is 6.10 Å². The van der Waals surface area contributed by atoms with E-state index in [9.17, 15) is 5.11 Å². The van der Waals surface area contributed by atoms with Crippen molar-refractivity contribution < 1.29 is 5.11 Å².